The van der Waals surface area contributed by atoms with Crippen molar-refractivity contribution in [3.8, 4) is 60.7 Å². The fourth-order valence-electron chi connectivity index (χ4n) is 7.99. The van der Waals surface area contributed by atoms with Gasteiger partial charge < -0.3 is 18.9 Å². The zero-order valence-electron chi connectivity index (χ0n) is 30.7. The summed E-state index contributed by atoms with van der Waals surface area (Å²) in [6.07, 6.45) is 0. The first-order chi connectivity index (χ1) is 28.3. The van der Waals surface area contributed by atoms with Crippen LogP contribution in [0.4, 0.5) is 17.1 Å². The van der Waals surface area contributed by atoms with Crippen LogP contribution in [0.15, 0.2) is 206 Å². The number of hydrogen-bond acceptors (Lipinski definition) is 4. The monoisotopic (exact) mass is 750 g/mol. The van der Waals surface area contributed by atoms with Gasteiger partial charge >= 0.3 is 0 Å². The van der Waals surface area contributed by atoms with Crippen molar-refractivity contribution in [1.29, 1.82) is 0 Å². The number of anilines is 3. The topological polar surface area (TPSA) is 26.6 Å². The van der Waals surface area contributed by atoms with Crippen LogP contribution in [0, 0.1) is 0 Å². The van der Waals surface area contributed by atoms with Gasteiger partial charge in [0, 0.05) is 33.5 Å². The largest absolute Gasteiger partial charge is 0.448 e. The fraction of sp³-hybridized carbons (Fsp3) is 0. The quantitative estimate of drug-likeness (QED) is 0.162. The smallest absolute Gasteiger partial charge is 0.189 e. The predicted octanol–water partition coefficient (Wildman–Crippen LogP) is 15.2. The second-order valence-corrected chi connectivity index (χ2v) is 15.1. The molecule has 0 saturated carbocycles. The maximum absolute atomic E-state index is 6.60. The van der Waals surface area contributed by atoms with Crippen molar-refractivity contribution in [2.75, 3.05) is 4.90 Å². The summed E-state index contributed by atoms with van der Waals surface area (Å²) >= 11 is 1.69. The molecule has 0 saturated heterocycles. The summed E-state index contributed by atoms with van der Waals surface area (Å²) in [5.41, 5.74) is 11.2. The van der Waals surface area contributed by atoms with E-state index >= 15 is 0 Å². The maximum Gasteiger partial charge on any atom is 0.189 e. The van der Waals surface area contributed by atoms with E-state index < -0.39 is 0 Å². The molecule has 0 aliphatic carbocycles. The lowest BCUT2D eigenvalue weighted by molar-refractivity contribution is 0.364. The molecule has 1 aliphatic rings. The minimum absolute atomic E-state index is 0.717. The van der Waals surface area contributed by atoms with Crippen molar-refractivity contribution in [2.24, 2.45) is 0 Å². The Kier molecular flexibility index (Phi) is 7.97. The molecule has 0 atom stereocenters. The zero-order chi connectivity index (χ0) is 37.7. The van der Waals surface area contributed by atoms with Gasteiger partial charge in [-0.2, -0.15) is 0 Å². The minimum Gasteiger partial charge on any atom is -0.448 e. The van der Waals surface area contributed by atoms with E-state index in [0.717, 1.165) is 66.6 Å². The van der Waals surface area contributed by atoms with Crippen molar-refractivity contribution in [1.82, 2.24) is 4.57 Å². The second kappa shape index (κ2) is 13.7. The highest BCUT2D eigenvalue weighted by atomic mass is 32.1. The molecule has 4 nitrogen and oxygen atoms in total. The average Bonchev–Trinajstić information content (AvgIpc) is 3.83. The minimum atomic E-state index is 0.717. The molecular formula is C52H34N2O2S. The second-order valence-electron chi connectivity index (χ2n) is 14.1. The molecule has 0 unspecified atom stereocenters. The number of benzene rings is 8. The molecule has 11 rings (SSSR count). The van der Waals surface area contributed by atoms with Crippen molar-refractivity contribution in [3.05, 3.63) is 206 Å². The number of hydrogen-bond donors (Lipinski definition) is 0. The summed E-state index contributed by atoms with van der Waals surface area (Å²) in [5, 5.41) is 2.50. The van der Waals surface area contributed by atoms with Gasteiger partial charge in [-0.1, -0.05) is 133 Å². The summed E-state index contributed by atoms with van der Waals surface area (Å²) < 4.78 is 15.5. The molecule has 270 valence electrons. The maximum atomic E-state index is 6.60. The highest BCUT2D eigenvalue weighted by Crippen LogP contribution is 2.58. The first-order valence-electron chi connectivity index (χ1n) is 19.1. The fourth-order valence-corrected chi connectivity index (χ4v) is 9.15. The SMILES string of the molecule is c1ccc(-c2ccc(N(c3ccc(-c4sc(-c5ccccc5)c5c4Oc4ccccc4O5)cc3)c3ccc(-n4c5ccccc5c5ccccc54)cc3)cc2)cc1. The molecule has 0 fully saturated rings. The van der Waals surface area contributed by atoms with Gasteiger partial charge in [0.05, 0.1) is 20.8 Å². The summed E-state index contributed by atoms with van der Waals surface area (Å²) in [7, 11) is 0. The number of ether oxygens (including phenoxy) is 2. The van der Waals surface area contributed by atoms with E-state index in [1.165, 1.54) is 32.9 Å². The van der Waals surface area contributed by atoms with Crippen LogP contribution < -0.4 is 14.4 Å². The van der Waals surface area contributed by atoms with Gasteiger partial charge in [-0.15, -0.1) is 11.3 Å². The lowest BCUT2D eigenvalue weighted by atomic mass is 10.0. The summed E-state index contributed by atoms with van der Waals surface area (Å²) in [5.74, 6) is 2.95. The Balaban J connectivity index is 1.00. The Morgan fingerprint density at radius 3 is 1.26 bits per heavy atom. The van der Waals surface area contributed by atoms with Gasteiger partial charge in [-0.3, -0.25) is 0 Å². The number of aromatic nitrogens is 1. The third-order valence-corrected chi connectivity index (χ3v) is 11.9. The van der Waals surface area contributed by atoms with Gasteiger partial charge in [0.2, 0.25) is 0 Å². The number of rotatable bonds is 7. The molecule has 5 heteroatoms. The van der Waals surface area contributed by atoms with E-state index in [0.29, 0.717) is 0 Å². The van der Waals surface area contributed by atoms with Crippen LogP contribution in [0.25, 0.3) is 59.5 Å². The highest BCUT2D eigenvalue weighted by Gasteiger charge is 2.29. The lowest BCUT2D eigenvalue weighted by Gasteiger charge is -2.26. The van der Waals surface area contributed by atoms with Crippen molar-refractivity contribution in [3.63, 3.8) is 0 Å². The van der Waals surface area contributed by atoms with Crippen molar-refractivity contribution in [2.45, 2.75) is 0 Å². The molecule has 3 heterocycles. The predicted molar refractivity (Wildman–Crippen MR) is 236 cm³/mol. The average molecular weight is 751 g/mol. The van der Waals surface area contributed by atoms with Gasteiger partial charge in [0.25, 0.3) is 0 Å². The van der Waals surface area contributed by atoms with Gasteiger partial charge in [0.15, 0.2) is 23.0 Å². The highest BCUT2D eigenvalue weighted by molar-refractivity contribution is 7.19. The number of fused-ring (bicyclic) bond motifs is 5. The Morgan fingerprint density at radius 1 is 0.351 bits per heavy atom. The molecule has 2 aromatic heterocycles. The normalized spacial score (nSPS) is 11.8. The zero-order valence-corrected chi connectivity index (χ0v) is 31.6. The Morgan fingerprint density at radius 2 is 0.737 bits per heavy atom. The van der Waals surface area contributed by atoms with Crippen LogP contribution in [0.1, 0.15) is 0 Å². The van der Waals surface area contributed by atoms with Gasteiger partial charge in [-0.25, -0.2) is 0 Å². The van der Waals surface area contributed by atoms with Crippen molar-refractivity contribution < 1.29 is 9.47 Å². The van der Waals surface area contributed by atoms with E-state index in [2.05, 4.69) is 185 Å². The van der Waals surface area contributed by atoms with E-state index in [4.69, 9.17) is 9.47 Å². The first kappa shape index (κ1) is 33.0. The molecule has 0 amide bonds. The lowest BCUT2D eigenvalue weighted by Crippen LogP contribution is -2.10. The number of para-hydroxylation sites is 4. The summed E-state index contributed by atoms with van der Waals surface area (Å²) in [4.78, 5) is 4.39. The van der Waals surface area contributed by atoms with E-state index in [-0.39, 0.29) is 0 Å². The summed E-state index contributed by atoms with van der Waals surface area (Å²) in [6.45, 7) is 0. The molecule has 8 aromatic carbocycles. The van der Waals surface area contributed by atoms with Crippen LogP contribution in [0.2, 0.25) is 0 Å². The Bertz CT molecular complexity index is 2990. The Hall–Kier alpha value is -7.34. The molecule has 0 N–H and O–H groups in total. The molecule has 0 radical (unpaired) electrons. The number of nitrogens with zero attached hydrogens (tertiary/aromatic N) is 2. The first-order valence-corrected chi connectivity index (χ1v) is 19.9. The number of thiophene rings is 1. The molecule has 10 aromatic rings. The summed E-state index contributed by atoms with van der Waals surface area (Å²) in [6, 6.07) is 72.6. The van der Waals surface area contributed by atoms with E-state index in [1.807, 2.05) is 30.3 Å². The van der Waals surface area contributed by atoms with Crippen molar-refractivity contribution >= 4 is 50.2 Å². The standard InChI is InChI=1S/C52H34N2O2S/c1-3-13-35(14-4-1)36-23-27-39(28-24-36)53(41-31-33-42(34-32-41)54-45-19-9-7-17-43(45)44-18-8-10-20-46(44)54)40-29-25-38(26-30-40)52-50-49(51(57-52)37-15-5-2-6-16-37)55-47-21-11-12-22-48(47)56-50/h1-34H. The van der Waals surface area contributed by atoms with E-state index in [9.17, 15) is 0 Å². The van der Waals surface area contributed by atoms with E-state index in [1.54, 1.807) is 11.3 Å². The van der Waals surface area contributed by atoms with Crippen LogP contribution in [0.5, 0.6) is 23.0 Å². The molecule has 0 bridgehead atoms. The van der Waals surface area contributed by atoms with Gasteiger partial charge in [-0.05, 0) is 95.1 Å². The third kappa shape index (κ3) is 5.76. The van der Waals surface area contributed by atoms with Crippen LogP contribution in [-0.4, -0.2) is 4.57 Å². The molecule has 1 aliphatic heterocycles. The van der Waals surface area contributed by atoms with Crippen LogP contribution in [-0.2, 0) is 0 Å². The van der Waals surface area contributed by atoms with Gasteiger partial charge in [0.1, 0.15) is 0 Å². The van der Waals surface area contributed by atoms with Crippen LogP contribution >= 0.6 is 11.3 Å². The molecular weight excluding hydrogens is 717 g/mol. The molecule has 57 heavy (non-hydrogen) atoms. The van der Waals surface area contributed by atoms with Crippen LogP contribution in [0.3, 0.4) is 0 Å². The molecule has 0 spiro atoms. The third-order valence-electron chi connectivity index (χ3n) is 10.7. The Labute approximate surface area is 334 Å².